The fraction of sp³-hybridized carbons (Fsp3) is 0.250. The van der Waals surface area contributed by atoms with Crippen LogP contribution in [0.5, 0.6) is 5.75 Å². The molecule has 0 aliphatic carbocycles. The number of carbonyl (C=O) groups is 1. The van der Waals surface area contributed by atoms with Crippen molar-refractivity contribution in [3.05, 3.63) is 36.2 Å². The van der Waals surface area contributed by atoms with Crippen molar-refractivity contribution >= 4 is 11.6 Å². The van der Waals surface area contributed by atoms with E-state index in [1.165, 1.54) is 35.1 Å². The van der Waals surface area contributed by atoms with Crippen LogP contribution in [0.15, 0.2) is 30.5 Å². The molecule has 112 valence electrons. The summed E-state index contributed by atoms with van der Waals surface area (Å²) in [7, 11) is 0. The number of rotatable bonds is 6. The molecule has 1 heterocycles. The molecule has 1 aromatic carbocycles. The standard InChI is InChI=1S/C12H13F2N5O2/c13-12(14)21-9-3-1-8(2-4-9)16-11(20)10-7-19(6-5-15)18-17-10/h1-4,7,12H,5-6,15H2,(H,16,20). The molecule has 0 radical (unpaired) electrons. The zero-order valence-corrected chi connectivity index (χ0v) is 10.9. The van der Waals surface area contributed by atoms with Gasteiger partial charge in [0.05, 0.1) is 12.7 Å². The Morgan fingerprint density at radius 1 is 1.38 bits per heavy atom. The zero-order valence-electron chi connectivity index (χ0n) is 10.9. The highest BCUT2D eigenvalue weighted by molar-refractivity contribution is 6.02. The molecule has 2 rings (SSSR count). The molecule has 1 amide bonds. The van der Waals surface area contributed by atoms with Gasteiger partial charge in [-0.25, -0.2) is 0 Å². The summed E-state index contributed by atoms with van der Waals surface area (Å²) < 4.78 is 29.7. The summed E-state index contributed by atoms with van der Waals surface area (Å²) in [5.41, 5.74) is 5.93. The highest BCUT2D eigenvalue weighted by Gasteiger charge is 2.11. The topological polar surface area (TPSA) is 95.1 Å². The van der Waals surface area contributed by atoms with Crippen LogP contribution in [0.4, 0.5) is 14.5 Å². The Hall–Kier alpha value is -2.55. The van der Waals surface area contributed by atoms with Crippen molar-refractivity contribution in [3.8, 4) is 5.75 Å². The van der Waals surface area contributed by atoms with E-state index in [4.69, 9.17) is 5.73 Å². The lowest BCUT2D eigenvalue weighted by atomic mass is 10.3. The Labute approximate surface area is 118 Å². The van der Waals surface area contributed by atoms with E-state index in [0.717, 1.165) is 0 Å². The van der Waals surface area contributed by atoms with Gasteiger partial charge in [0.25, 0.3) is 5.91 Å². The van der Waals surface area contributed by atoms with Crippen LogP contribution in [0.3, 0.4) is 0 Å². The maximum atomic E-state index is 12.0. The zero-order chi connectivity index (χ0) is 15.2. The molecule has 0 fully saturated rings. The van der Waals surface area contributed by atoms with Crippen LogP contribution in [-0.4, -0.2) is 34.1 Å². The van der Waals surface area contributed by atoms with Crippen LogP contribution >= 0.6 is 0 Å². The maximum Gasteiger partial charge on any atom is 0.387 e. The summed E-state index contributed by atoms with van der Waals surface area (Å²) in [5, 5.41) is 10.0. The van der Waals surface area contributed by atoms with E-state index in [1.54, 1.807) is 0 Å². The first kappa shape index (κ1) is 14.9. The predicted molar refractivity (Wildman–Crippen MR) is 70.1 cm³/mol. The lowest BCUT2D eigenvalue weighted by Crippen LogP contribution is -2.13. The van der Waals surface area contributed by atoms with Crippen molar-refractivity contribution in [2.45, 2.75) is 13.2 Å². The molecule has 7 nitrogen and oxygen atoms in total. The van der Waals surface area contributed by atoms with Crippen LogP contribution in [0, 0.1) is 0 Å². The largest absolute Gasteiger partial charge is 0.435 e. The molecule has 0 aliphatic heterocycles. The number of amides is 1. The van der Waals surface area contributed by atoms with Crippen LogP contribution in [0.2, 0.25) is 0 Å². The van der Waals surface area contributed by atoms with E-state index in [9.17, 15) is 13.6 Å². The molecular formula is C12H13F2N5O2. The number of alkyl halides is 2. The van der Waals surface area contributed by atoms with E-state index in [1.807, 2.05) is 0 Å². The SMILES string of the molecule is NCCn1cc(C(=O)Nc2ccc(OC(F)F)cc2)nn1. The third-order valence-corrected chi connectivity index (χ3v) is 2.47. The summed E-state index contributed by atoms with van der Waals surface area (Å²) in [6.07, 6.45) is 1.47. The molecule has 9 heteroatoms. The van der Waals surface area contributed by atoms with Gasteiger partial charge in [-0.1, -0.05) is 5.21 Å². The third kappa shape index (κ3) is 4.21. The van der Waals surface area contributed by atoms with Crippen molar-refractivity contribution in [1.29, 1.82) is 0 Å². The van der Waals surface area contributed by atoms with Gasteiger partial charge in [-0.15, -0.1) is 5.10 Å². The van der Waals surface area contributed by atoms with Crippen molar-refractivity contribution in [2.24, 2.45) is 5.73 Å². The number of ether oxygens (including phenoxy) is 1. The normalized spacial score (nSPS) is 10.7. The van der Waals surface area contributed by atoms with E-state index >= 15 is 0 Å². The minimum atomic E-state index is -2.89. The molecule has 0 saturated carbocycles. The average molecular weight is 297 g/mol. The number of nitrogens with zero attached hydrogens (tertiary/aromatic N) is 3. The van der Waals surface area contributed by atoms with Gasteiger partial charge >= 0.3 is 6.61 Å². The van der Waals surface area contributed by atoms with Gasteiger partial charge in [0.1, 0.15) is 5.75 Å². The monoisotopic (exact) mass is 297 g/mol. The summed E-state index contributed by atoms with van der Waals surface area (Å²) in [6.45, 7) is -2.04. The van der Waals surface area contributed by atoms with E-state index < -0.39 is 12.5 Å². The number of anilines is 1. The molecule has 0 saturated heterocycles. The maximum absolute atomic E-state index is 12.0. The van der Waals surface area contributed by atoms with Gasteiger partial charge in [-0.05, 0) is 24.3 Å². The smallest absolute Gasteiger partial charge is 0.387 e. The fourth-order valence-corrected chi connectivity index (χ4v) is 1.56. The quantitative estimate of drug-likeness (QED) is 0.832. The number of halogens is 2. The minimum Gasteiger partial charge on any atom is -0.435 e. The molecule has 0 bridgehead atoms. The Bertz CT molecular complexity index is 600. The second kappa shape index (κ2) is 6.75. The molecule has 0 aliphatic rings. The number of hydrogen-bond donors (Lipinski definition) is 2. The molecular weight excluding hydrogens is 284 g/mol. The Morgan fingerprint density at radius 2 is 2.10 bits per heavy atom. The molecule has 3 N–H and O–H groups in total. The van der Waals surface area contributed by atoms with Gasteiger partial charge in [0, 0.05) is 12.2 Å². The number of hydrogen-bond acceptors (Lipinski definition) is 5. The van der Waals surface area contributed by atoms with Gasteiger partial charge in [0.2, 0.25) is 0 Å². The first-order valence-corrected chi connectivity index (χ1v) is 6.05. The number of nitrogens with two attached hydrogens (primary N) is 1. The van der Waals surface area contributed by atoms with Crippen LogP contribution in [0.25, 0.3) is 0 Å². The minimum absolute atomic E-state index is 0.0110. The highest BCUT2D eigenvalue weighted by atomic mass is 19.3. The lowest BCUT2D eigenvalue weighted by molar-refractivity contribution is -0.0498. The van der Waals surface area contributed by atoms with Crippen molar-refractivity contribution in [2.75, 3.05) is 11.9 Å². The molecule has 2 aromatic rings. The summed E-state index contributed by atoms with van der Waals surface area (Å²) >= 11 is 0. The van der Waals surface area contributed by atoms with Gasteiger partial charge in [-0.3, -0.25) is 9.48 Å². The second-order valence-electron chi connectivity index (χ2n) is 4.01. The van der Waals surface area contributed by atoms with E-state index in [0.29, 0.717) is 18.8 Å². The third-order valence-electron chi connectivity index (χ3n) is 2.47. The van der Waals surface area contributed by atoms with E-state index in [-0.39, 0.29) is 11.4 Å². The summed E-state index contributed by atoms with van der Waals surface area (Å²) in [5.74, 6) is -0.447. The number of carbonyl (C=O) groups excluding carboxylic acids is 1. The average Bonchev–Trinajstić information content (AvgIpc) is 2.89. The predicted octanol–water partition coefficient (Wildman–Crippen LogP) is 1.09. The first-order chi connectivity index (χ1) is 10.1. The van der Waals surface area contributed by atoms with Crippen LogP contribution in [0.1, 0.15) is 10.5 Å². The Kier molecular flexibility index (Phi) is 4.77. The number of aromatic nitrogens is 3. The Balaban J connectivity index is 1.98. The fourth-order valence-electron chi connectivity index (χ4n) is 1.56. The highest BCUT2D eigenvalue weighted by Crippen LogP contribution is 2.18. The molecule has 0 spiro atoms. The molecule has 1 aromatic heterocycles. The van der Waals surface area contributed by atoms with Crippen LogP contribution < -0.4 is 15.8 Å². The van der Waals surface area contributed by atoms with Crippen molar-refractivity contribution < 1.29 is 18.3 Å². The summed E-state index contributed by atoms with van der Waals surface area (Å²) in [4.78, 5) is 11.9. The van der Waals surface area contributed by atoms with Crippen molar-refractivity contribution in [1.82, 2.24) is 15.0 Å². The first-order valence-electron chi connectivity index (χ1n) is 6.05. The molecule has 0 unspecified atom stereocenters. The number of benzene rings is 1. The lowest BCUT2D eigenvalue weighted by Gasteiger charge is -2.06. The van der Waals surface area contributed by atoms with Gasteiger partial charge in [-0.2, -0.15) is 8.78 Å². The van der Waals surface area contributed by atoms with Crippen molar-refractivity contribution in [3.63, 3.8) is 0 Å². The van der Waals surface area contributed by atoms with Gasteiger partial charge in [0.15, 0.2) is 5.69 Å². The Morgan fingerprint density at radius 3 is 2.71 bits per heavy atom. The summed E-state index contributed by atoms with van der Waals surface area (Å²) in [6, 6.07) is 5.54. The van der Waals surface area contributed by atoms with Crippen LogP contribution in [-0.2, 0) is 6.54 Å². The van der Waals surface area contributed by atoms with E-state index in [2.05, 4.69) is 20.4 Å². The number of nitrogens with one attached hydrogen (secondary N) is 1. The molecule has 0 atom stereocenters. The second-order valence-corrected chi connectivity index (χ2v) is 4.01. The van der Waals surface area contributed by atoms with Gasteiger partial charge < -0.3 is 15.8 Å². The molecule has 21 heavy (non-hydrogen) atoms.